The Labute approximate surface area is 84.1 Å². The quantitative estimate of drug-likeness (QED) is 0.641. The van der Waals surface area contributed by atoms with Crippen LogP contribution in [0.2, 0.25) is 0 Å². The van der Waals surface area contributed by atoms with E-state index in [0.29, 0.717) is 12.1 Å². The molecule has 2 aliphatic rings. The molecule has 80 valence electrons. The van der Waals surface area contributed by atoms with Crippen molar-refractivity contribution >= 4 is 6.09 Å². The van der Waals surface area contributed by atoms with Crippen LogP contribution < -0.4 is 10.6 Å². The number of amides is 1. The number of carboxylic acid groups (broad SMARTS) is 1. The highest BCUT2D eigenvalue weighted by Crippen LogP contribution is 2.24. The lowest BCUT2D eigenvalue weighted by molar-refractivity contribution is 0.185. The first-order valence-electron chi connectivity index (χ1n) is 5.51. The van der Waals surface area contributed by atoms with Crippen LogP contribution >= 0.6 is 0 Å². The summed E-state index contributed by atoms with van der Waals surface area (Å²) >= 11 is 0. The maximum Gasteiger partial charge on any atom is 0.404 e. The normalized spacial score (nSPS) is 32.6. The standard InChI is InChI=1S/C10H18N2O2/c13-10(14)12-9-6-2-5-8(9)11-7-3-1-4-7/h7-9,11-12H,1-6H2,(H,13,14)/t8-,9-/m0/s1. The van der Waals surface area contributed by atoms with E-state index in [4.69, 9.17) is 5.11 Å². The van der Waals surface area contributed by atoms with Gasteiger partial charge >= 0.3 is 6.09 Å². The molecule has 0 heterocycles. The molecule has 0 aliphatic heterocycles. The zero-order chi connectivity index (χ0) is 9.97. The van der Waals surface area contributed by atoms with Gasteiger partial charge in [0.05, 0.1) is 0 Å². The highest BCUT2D eigenvalue weighted by Gasteiger charge is 2.31. The summed E-state index contributed by atoms with van der Waals surface area (Å²) in [5, 5.41) is 14.8. The molecule has 3 N–H and O–H groups in total. The fourth-order valence-electron chi connectivity index (χ4n) is 2.37. The van der Waals surface area contributed by atoms with Crippen LogP contribution in [0.5, 0.6) is 0 Å². The van der Waals surface area contributed by atoms with Crippen molar-refractivity contribution in [3.05, 3.63) is 0 Å². The minimum absolute atomic E-state index is 0.132. The molecular weight excluding hydrogens is 180 g/mol. The Hall–Kier alpha value is -0.770. The van der Waals surface area contributed by atoms with Crippen molar-refractivity contribution in [1.29, 1.82) is 0 Å². The number of hydrogen-bond acceptors (Lipinski definition) is 2. The Morgan fingerprint density at radius 1 is 1.07 bits per heavy atom. The molecule has 2 aliphatic carbocycles. The molecule has 14 heavy (non-hydrogen) atoms. The van der Waals surface area contributed by atoms with Crippen LogP contribution in [-0.4, -0.2) is 29.3 Å². The molecular formula is C10H18N2O2. The van der Waals surface area contributed by atoms with Gasteiger partial charge in [-0.1, -0.05) is 6.42 Å². The van der Waals surface area contributed by atoms with Crippen LogP contribution in [0.15, 0.2) is 0 Å². The molecule has 4 nitrogen and oxygen atoms in total. The summed E-state index contributed by atoms with van der Waals surface area (Å²) < 4.78 is 0. The van der Waals surface area contributed by atoms with Gasteiger partial charge in [-0.3, -0.25) is 0 Å². The van der Waals surface area contributed by atoms with E-state index in [-0.39, 0.29) is 6.04 Å². The highest BCUT2D eigenvalue weighted by atomic mass is 16.4. The first kappa shape index (κ1) is 9.77. The zero-order valence-electron chi connectivity index (χ0n) is 8.33. The summed E-state index contributed by atoms with van der Waals surface area (Å²) in [6.07, 6.45) is 6.18. The predicted octanol–water partition coefficient (Wildman–Crippen LogP) is 1.32. The third kappa shape index (κ3) is 2.18. The minimum atomic E-state index is -0.891. The van der Waals surface area contributed by atoms with Crippen LogP contribution in [0, 0.1) is 0 Å². The lowest BCUT2D eigenvalue weighted by atomic mass is 9.92. The number of carbonyl (C=O) groups is 1. The van der Waals surface area contributed by atoms with Gasteiger partial charge < -0.3 is 15.7 Å². The topological polar surface area (TPSA) is 61.4 Å². The van der Waals surface area contributed by atoms with Gasteiger partial charge in [-0.25, -0.2) is 4.79 Å². The van der Waals surface area contributed by atoms with E-state index >= 15 is 0 Å². The Bertz CT molecular complexity index is 216. The summed E-state index contributed by atoms with van der Waals surface area (Å²) in [6.45, 7) is 0. The molecule has 2 fully saturated rings. The summed E-state index contributed by atoms with van der Waals surface area (Å²) in [4.78, 5) is 10.5. The fraction of sp³-hybridized carbons (Fsp3) is 0.900. The molecule has 0 bridgehead atoms. The van der Waals surface area contributed by atoms with E-state index in [9.17, 15) is 4.79 Å². The lowest BCUT2D eigenvalue weighted by Gasteiger charge is -2.32. The Balaban J connectivity index is 1.79. The fourth-order valence-corrected chi connectivity index (χ4v) is 2.37. The van der Waals surface area contributed by atoms with Crippen LogP contribution in [0.1, 0.15) is 38.5 Å². The summed E-state index contributed by atoms with van der Waals surface area (Å²) in [7, 11) is 0. The van der Waals surface area contributed by atoms with Crippen molar-refractivity contribution in [2.45, 2.75) is 56.7 Å². The van der Waals surface area contributed by atoms with Gasteiger partial charge in [-0.15, -0.1) is 0 Å². The zero-order valence-corrected chi connectivity index (χ0v) is 8.33. The molecule has 0 spiro atoms. The van der Waals surface area contributed by atoms with E-state index in [1.54, 1.807) is 0 Å². The van der Waals surface area contributed by atoms with Crippen LogP contribution in [-0.2, 0) is 0 Å². The first-order valence-corrected chi connectivity index (χ1v) is 5.51. The van der Waals surface area contributed by atoms with Crippen molar-refractivity contribution in [3.8, 4) is 0 Å². The predicted molar refractivity (Wildman–Crippen MR) is 53.4 cm³/mol. The van der Waals surface area contributed by atoms with Crippen molar-refractivity contribution < 1.29 is 9.90 Å². The van der Waals surface area contributed by atoms with E-state index in [1.165, 1.54) is 19.3 Å². The Morgan fingerprint density at radius 2 is 1.71 bits per heavy atom. The minimum Gasteiger partial charge on any atom is -0.465 e. The second-order valence-electron chi connectivity index (χ2n) is 4.39. The molecule has 0 unspecified atom stereocenters. The smallest absolute Gasteiger partial charge is 0.404 e. The van der Waals surface area contributed by atoms with Crippen molar-refractivity contribution in [2.24, 2.45) is 0 Å². The largest absolute Gasteiger partial charge is 0.465 e. The molecule has 4 heteroatoms. The Morgan fingerprint density at radius 3 is 2.29 bits per heavy atom. The number of nitrogens with one attached hydrogen (secondary N) is 2. The monoisotopic (exact) mass is 198 g/mol. The summed E-state index contributed by atoms with van der Waals surface area (Å²) in [6, 6.07) is 1.15. The summed E-state index contributed by atoms with van der Waals surface area (Å²) in [5.41, 5.74) is 0. The number of rotatable bonds is 3. The third-order valence-corrected chi connectivity index (χ3v) is 3.38. The molecule has 0 aromatic rings. The van der Waals surface area contributed by atoms with Gasteiger partial charge in [0, 0.05) is 18.1 Å². The average Bonchev–Trinajstić information content (AvgIpc) is 2.44. The van der Waals surface area contributed by atoms with Crippen LogP contribution in [0.4, 0.5) is 4.79 Å². The van der Waals surface area contributed by atoms with Gasteiger partial charge in [-0.05, 0) is 32.1 Å². The van der Waals surface area contributed by atoms with E-state index in [0.717, 1.165) is 19.3 Å². The average molecular weight is 198 g/mol. The molecule has 1 amide bonds. The van der Waals surface area contributed by atoms with Gasteiger partial charge in [0.25, 0.3) is 0 Å². The highest BCUT2D eigenvalue weighted by molar-refractivity contribution is 5.65. The van der Waals surface area contributed by atoms with Crippen LogP contribution in [0.3, 0.4) is 0 Å². The second kappa shape index (κ2) is 4.17. The van der Waals surface area contributed by atoms with Crippen molar-refractivity contribution in [1.82, 2.24) is 10.6 Å². The lowest BCUT2D eigenvalue weighted by Crippen LogP contribution is -2.51. The summed E-state index contributed by atoms with van der Waals surface area (Å²) in [5.74, 6) is 0. The molecule has 0 saturated heterocycles. The molecule has 0 aromatic carbocycles. The third-order valence-electron chi connectivity index (χ3n) is 3.38. The second-order valence-corrected chi connectivity index (χ2v) is 4.39. The van der Waals surface area contributed by atoms with E-state index in [1.807, 2.05) is 0 Å². The van der Waals surface area contributed by atoms with Gasteiger partial charge in [0.2, 0.25) is 0 Å². The first-order chi connectivity index (χ1) is 6.75. The Kier molecular flexibility index (Phi) is 2.91. The van der Waals surface area contributed by atoms with Crippen LogP contribution in [0.25, 0.3) is 0 Å². The van der Waals surface area contributed by atoms with E-state index in [2.05, 4.69) is 10.6 Å². The molecule has 2 rings (SSSR count). The molecule has 2 atom stereocenters. The number of hydrogen-bond donors (Lipinski definition) is 3. The van der Waals surface area contributed by atoms with Crippen molar-refractivity contribution in [2.75, 3.05) is 0 Å². The van der Waals surface area contributed by atoms with Gasteiger partial charge in [-0.2, -0.15) is 0 Å². The maximum atomic E-state index is 10.5. The van der Waals surface area contributed by atoms with Gasteiger partial charge in [0.15, 0.2) is 0 Å². The maximum absolute atomic E-state index is 10.5. The molecule has 2 saturated carbocycles. The van der Waals surface area contributed by atoms with Crippen molar-refractivity contribution in [3.63, 3.8) is 0 Å². The SMILES string of the molecule is O=C(O)N[C@H]1CCC[C@@H]1NC1CCC1. The van der Waals surface area contributed by atoms with Gasteiger partial charge in [0.1, 0.15) is 0 Å². The molecule has 0 radical (unpaired) electrons. The molecule has 0 aromatic heterocycles. The van der Waals surface area contributed by atoms with E-state index < -0.39 is 6.09 Å².